The van der Waals surface area contributed by atoms with Crippen LogP contribution in [0.25, 0.3) is 0 Å². The normalized spacial score (nSPS) is 17.8. The standard InChI is InChI=1S/C19H28N4O3/c1-2-26-14-15-5-3-4-6-17(15)21-19(25)23-11-9-22(10-12-23)13-18(24)20-16-7-8-16/h3-6,16H,2,7-14H2,1H3,(H,20,24)(H,21,25). The van der Waals surface area contributed by atoms with Gasteiger partial charge >= 0.3 is 6.03 Å². The number of carbonyl (C=O) groups excluding carboxylic acids is 2. The first-order valence-electron chi connectivity index (χ1n) is 9.39. The van der Waals surface area contributed by atoms with E-state index in [0.717, 1.165) is 24.1 Å². The van der Waals surface area contributed by atoms with Crippen LogP contribution in [0, 0.1) is 0 Å². The highest BCUT2D eigenvalue weighted by atomic mass is 16.5. The Balaban J connectivity index is 1.45. The molecule has 2 N–H and O–H groups in total. The van der Waals surface area contributed by atoms with Crippen LogP contribution in [0.4, 0.5) is 10.5 Å². The molecule has 7 heteroatoms. The number of para-hydroxylation sites is 1. The van der Waals surface area contributed by atoms with E-state index >= 15 is 0 Å². The number of ether oxygens (including phenoxy) is 1. The summed E-state index contributed by atoms with van der Waals surface area (Å²) in [5.74, 6) is 0.0928. The molecule has 0 aromatic heterocycles. The minimum Gasteiger partial charge on any atom is -0.377 e. The molecule has 0 bridgehead atoms. The molecule has 0 spiro atoms. The number of urea groups is 1. The molecule has 1 aliphatic carbocycles. The fourth-order valence-corrected chi connectivity index (χ4v) is 2.99. The summed E-state index contributed by atoms with van der Waals surface area (Å²) in [7, 11) is 0. The monoisotopic (exact) mass is 360 g/mol. The van der Waals surface area contributed by atoms with Gasteiger partial charge < -0.3 is 20.3 Å². The van der Waals surface area contributed by atoms with Crippen LogP contribution in [0.1, 0.15) is 25.3 Å². The Morgan fingerprint density at radius 3 is 2.58 bits per heavy atom. The molecule has 1 aromatic carbocycles. The van der Waals surface area contributed by atoms with Crippen LogP contribution in [0.2, 0.25) is 0 Å². The van der Waals surface area contributed by atoms with Crippen molar-refractivity contribution in [2.24, 2.45) is 0 Å². The van der Waals surface area contributed by atoms with Gasteiger partial charge in [0.2, 0.25) is 5.91 Å². The van der Waals surface area contributed by atoms with E-state index in [1.807, 2.05) is 31.2 Å². The third-order valence-electron chi connectivity index (χ3n) is 4.69. The van der Waals surface area contributed by atoms with Crippen LogP contribution in [-0.4, -0.2) is 67.1 Å². The van der Waals surface area contributed by atoms with Gasteiger partial charge in [-0.1, -0.05) is 18.2 Å². The average Bonchev–Trinajstić information content (AvgIpc) is 3.45. The molecule has 0 radical (unpaired) electrons. The number of anilines is 1. The number of amides is 3. The van der Waals surface area contributed by atoms with Gasteiger partial charge in [-0.3, -0.25) is 9.69 Å². The summed E-state index contributed by atoms with van der Waals surface area (Å²) < 4.78 is 5.46. The number of rotatable bonds is 7. The Hall–Kier alpha value is -2.12. The van der Waals surface area contributed by atoms with Gasteiger partial charge in [0.15, 0.2) is 0 Å². The number of nitrogens with zero attached hydrogens (tertiary/aromatic N) is 2. The van der Waals surface area contributed by atoms with Gasteiger partial charge in [-0.2, -0.15) is 0 Å². The van der Waals surface area contributed by atoms with Gasteiger partial charge in [-0.05, 0) is 25.8 Å². The van der Waals surface area contributed by atoms with E-state index in [4.69, 9.17) is 4.74 Å². The van der Waals surface area contributed by atoms with Crippen LogP contribution in [0.5, 0.6) is 0 Å². The van der Waals surface area contributed by atoms with Crippen molar-refractivity contribution in [1.82, 2.24) is 15.1 Å². The van der Waals surface area contributed by atoms with Crippen LogP contribution in [0.15, 0.2) is 24.3 Å². The van der Waals surface area contributed by atoms with Crippen molar-refractivity contribution in [1.29, 1.82) is 0 Å². The maximum atomic E-state index is 12.6. The van der Waals surface area contributed by atoms with E-state index in [-0.39, 0.29) is 11.9 Å². The first-order chi connectivity index (χ1) is 12.7. The SMILES string of the molecule is CCOCc1ccccc1NC(=O)N1CCN(CC(=O)NC2CC2)CC1. The van der Waals surface area contributed by atoms with E-state index in [2.05, 4.69) is 15.5 Å². The maximum Gasteiger partial charge on any atom is 0.321 e. The second kappa shape index (κ2) is 9.00. The van der Waals surface area contributed by atoms with Crippen LogP contribution in [0.3, 0.4) is 0 Å². The zero-order valence-electron chi connectivity index (χ0n) is 15.4. The van der Waals surface area contributed by atoms with Crippen molar-refractivity contribution in [2.75, 3.05) is 44.6 Å². The summed E-state index contributed by atoms with van der Waals surface area (Å²) in [6, 6.07) is 7.99. The number of hydrogen-bond acceptors (Lipinski definition) is 4. The Labute approximate surface area is 154 Å². The lowest BCUT2D eigenvalue weighted by Crippen LogP contribution is -2.52. The highest BCUT2D eigenvalue weighted by Gasteiger charge is 2.26. The molecule has 142 valence electrons. The summed E-state index contributed by atoms with van der Waals surface area (Å²) in [6.07, 6.45) is 2.20. The zero-order valence-corrected chi connectivity index (χ0v) is 15.4. The van der Waals surface area contributed by atoms with Crippen molar-refractivity contribution in [3.05, 3.63) is 29.8 Å². The predicted octanol–water partition coefficient (Wildman–Crippen LogP) is 1.65. The maximum absolute atomic E-state index is 12.6. The van der Waals surface area contributed by atoms with E-state index in [1.54, 1.807) is 4.90 Å². The average molecular weight is 360 g/mol. The van der Waals surface area contributed by atoms with Gasteiger partial charge in [0.1, 0.15) is 0 Å². The van der Waals surface area contributed by atoms with Gasteiger partial charge in [0, 0.05) is 50.1 Å². The minimum atomic E-state index is -0.101. The number of piperazine rings is 1. The molecular weight excluding hydrogens is 332 g/mol. The number of nitrogens with one attached hydrogen (secondary N) is 2. The lowest BCUT2D eigenvalue weighted by molar-refractivity contribution is -0.122. The van der Waals surface area contributed by atoms with E-state index in [1.165, 1.54) is 0 Å². The molecule has 3 amide bonds. The van der Waals surface area contributed by atoms with Crippen molar-refractivity contribution >= 4 is 17.6 Å². The van der Waals surface area contributed by atoms with Crippen molar-refractivity contribution < 1.29 is 14.3 Å². The van der Waals surface area contributed by atoms with Crippen molar-refractivity contribution in [2.45, 2.75) is 32.4 Å². The Kier molecular flexibility index (Phi) is 6.46. The molecule has 1 aromatic rings. The summed E-state index contributed by atoms with van der Waals surface area (Å²) in [5.41, 5.74) is 1.76. The molecule has 2 aliphatic rings. The van der Waals surface area contributed by atoms with E-state index < -0.39 is 0 Å². The fourth-order valence-electron chi connectivity index (χ4n) is 2.99. The van der Waals surface area contributed by atoms with Gasteiger partial charge in [0.05, 0.1) is 13.2 Å². The molecule has 1 saturated heterocycles. The highest BCUT2D eigenvalue weighted by Crippen LogP contribution is 2.19. The molecule has 1 saturated carbocycles. The largest absolute Gasteiger partial charge is 0.377 e. The third-order valence-corrected chi connectivity index (χ3v) is 4.69. The second-order valence-corrected chi connectivity index (χ2v) is 6.83. The molecule has 2 fully saturated rings. The molecule has 0 unspecified atom stereocenters. The highest BCUT2D eigenvalue weighted by molar-refractivity contribution is 5.90. The van der Waals surface area contributed by atoms with E-state index in [9.17, 15) is 9.59 Å². The first-order valence-corrected chi connectivity index (χ1v) is 9.39. The quantitative estimate of drug-likeness (QED) is 0.775. The predicted molar refractivity (Wildman–Crippen MR) is 100.0 cm³/mol. The minimum absolute atomic E-state index is 0.0928. The lowest BCUT2D eigenvalue weighted by atomic mass is 10.2. The molecule has 1 heterocycles. The van der Waals surface area contributed by atoms with Crippen LogP contribution >= 0.6 is 0 Å². The fraction of sp³-hybridized carbons (Fsp3) is 0.579. The van der Waals surface area contributed by atoms with Crippen molar-refractivity contribution in [3.63, 3.8) is 0 Å². The number of benzene rings is 1. The van der Waals surface area contributed by atoms with Crippen molar-refractivity contribution in [3.8, 4) is 0 Å². The second-order valence-electron chi connectivity index (χ2n) is 6.83. The van der Waals surface area contributed by atoms with Crippen LogP contribution in [-0.2, 0) is 16.1 Å². The molecular formula is C19H28N4O3. The number of hydrogen-bond donors (Lipinski definition) is 2. The summed E-state index contributed by atoms with van der Waals surface area (Å²) in [6.45, 7) is 6.16. The Morgan fingerprint density at radius 2 is 1.88 bits per heavy atom. The topological polar surface area (TPSA) is 73.9 Å². The molecule has 26 heavy (non-hydrogen) atoms. The van der Waals surface area contributed by atoms with Gasteiger partial charge in [-0.25, -0.2) is 4.79 Å². The summed E-state index contributed by atoms with van der Waals surface area (Å²) in [5, 5.41) is 5.99. The van der Waals surface area contributed by atoms with Gasteiger partial charge in [0.25, 0.3) is 0 Å². The molecule has 0 atom stereocenters. The molecule has 3 rings (SSSR count). The first kappa shape index (κ1) is 18.7. The lowest BCUT2D eigenvalue weighted by Gasteiger charge is -2.34. The van der Waals surface area contributed by atoms with E-state index in [0.29, 0.717) is 52.0 Å². The smallest absolute Gasteiger partial charge is 0.321 e. The van der Waals surface area contributed by atoms with Gasteiger partial charge in [-0.15, -0.1) is 0 Å². The van der Waals surface area contributed by atoms with Crippen LogP contribution < -0.4 is 10.6 Å². The molecule has 1 aliphatic heterocycles. The summed E-state index contributed by atoms with van der Waals surface area (Å²) >= 11 is 0. The Bertz CT molecular complexity index is 625. The zero-order chi connectivity index (χ0) is 18.4. The Morgan fingerprint density at radius 1 is 1.15 bits per heavy atom. The summed E-state index contributed by atoms with van der Waals surface area (Å²) in [4.78, 5) is 28.3. The third kappa shape index (κ3) is 5.44. The molecule has 7 nitrogen and oxygen atoms in total. The number of carbonyl (C=O) groups is 2.